The Kier molecular flexibility index (Phi) is 7.05. The smallest absolute Gasteiger partial charge is 0.251 e. The van der Waals surface area contributed by atoms with E-state index in [-0.39, 0.29) is 11.9 Å². The molecule has 26 heavy (non-hydrogen) atoms. The quantitative estimate of drug-likeness (QED) is 0.770. The first kappa shape index (κ1) is 18.9. The van der Waals surface area contributed by atoms with Gasteiger partial charge < -0.3 is 14.8 Å². The summed E-state index contributed by atoms with van der Waals surface area (Å²) in [5.41, 5.74) is 0.630. The van der Waals surface area contributed by atoms with Crippen LogP contribution in [0.4, 0.5) is 0 Å². The summed E-state index contributed by atoms with van der Waals surface area (Å²) in [6.07, 6.45) is 0.943. The summed E-state index contributed by atoms with van der Waals surface area (Å²) in [5.74, 6) is 0.671. The average Bonchev–Trinajstić information content (AvgIpc) is 3.22. The minimum absolute atomic E-state index is 0.0678. The largest absolute Gasteiger partial charge is 0.494 e. The monoisotopic (exact) mass is 374 g/mol. The Labute approximate surface area is 158 Å². The van der Waals surface area contributed by atoms with E-state index in [2.05, 4.69) is 34.7 Å². The lowest BCUT2D eigenvalue weighted by atomic mass is 10.1. The van der Waals surface area contributed by atoms with Crippen LogP contribution in [-0.2, 0) is 4.74 Å². The van der Waals surface area contributed by atoms with Crippen LogP contribution < -0.4 is 10.1 Å². The average molecular weight is 375 g/mol. The molecule has 1 aromatic carbocycles. The van der Waals surface area contributed by atoms with Crippen molar-refractivity contribution in [2.75, 3.05) is 39.5 Å². The lowest BCUT2D eigenvalue weighted by Crippen LogP contribution is -2.43. The minimum atomic E-state index is -0.0678. The lowest BCUT2D eigenvalue weighted by molar-refractivity contribution is 0.0169. The Morgan fingerprint density at radius 2 is 2.15 bits per heavy atom. The highest BCUT2D eigenvalue weighted by atomic mass is 32.1. The van der Waals surface area contributed by atoms with Crippen molar-refractivity contribution >= 4 is 17.2 Å². The zero-order valence-electron chi connectivity index (χ0n) is 15.1. The van der Waals surface area contributed by atoms with Gasteiger partial charge in [-0.15, -0.1) is 11.3 Å². The fourth-order valence-electron chi connectivity index (χ4n) is 3.02. The number of nitrogens with zero attached hydrogens (tertiary/aromatic N) is 1. The van der Waals surface area contributed by atoms with Crippen molar-refractivity contribution in [1.29, 1.82) is 0 Å². The van der Waals surface area contributed by atoms with Gasteiger partial charge in [0.05, 0.1) is 25.9 Å². The molecule has 3 rings (SSSR count). The molecule has 1 N–H and O–H groups in total. The second-order valence-electron chi connectivity index (χ2n) is 6.27. The first-order chi connectivity index (χ1) is 12.8. The van der Waals surface area contributed by atoms with Gasteiger partial charge in [-0.1, -0.05) is 19.1 Å². The molecule has 5 nitrogen and oxygen atoms in total. The third-order valence-electron chi connectivity index (χ3n) is 4.38. The molecule has 1 aliphatic heterocycles. The van der Waals surface area contributed by atoms with E-state index in [4.69, 9.17) is 9.47 Å². The SMILES string of the molecule is CCCOc1cccc(C(=O)NC[C@H](c2cccs2)N2CCOCC2)c1. The maximum absolute atomic E-state index is 12.6. The van der Waals surface area contributed by atoms with Gasteiger partial charge in [0.2, 0.25) is 0 Å². The third kappa shape index (κ3) is 5.06. The molecule has 1 saturated heterocycles. The minimum Gasteiger partial charge on any atom is -0.494 e. The molecule has 1 aliphatic rings. The number of benzene rings is 1. The van der Waals surface area contributed by atoms with Crippen molar-refractivity contribution in [1.82, 2.24) is 10.2 Å². The van der Waals surface area contributed by atoms with Crippen LogP contribution in [0.2, 0.25) is 0 Å². The maximum atomic E-state index is 12.6. The fraction of sp³-hybridized carbons (Fsp3) is 0.450. The van der Waals surface area contributed by atoms with E-state index >= 15 is 0 Å². The van der Waals surface area contributed by atoms with Gasteiger partial charge >= 0.3 is 0 Å². The van der Waals surface area contributed by atoms with E-state index in [0.29, 0.717) is 18.7 Å². The molecular formula is C20H26N2O3S. The molecule has 1 fully saturated rings. The number of thiophene rings is 1. The number of amides is 1. The second kappa shape index (κ2) is 9.71. The van der Waals surface area contributed by atoms with Gasteiger partial charge in [0, 0.05) is 30.1 Å². The molecule has 0 bridgehead atoms. The normalized spacial score (nSPS) is 16.2. The van der Waals surface area contributed by atoms with Crippen LogP contribution in [0.25, 0.3) is 0 Å². The number of nitrogens with one attached hydrogen (secondary N) is 1. The van der Waals surface area contributed by atoms with Crippen molar-refractivity contribution in [2.45, 2.75) is 19.4 Å². The van der Waals surface area contributed by atoms with Crippen molar-refractivity contribution in [2.24, 2.45) is 0 Å². The van der Waals surface area contributed by atoms with Gasteiger partial charge in [-0.05, 0) is 36.1 Å². The van der Waals surface area contributed by atoms with Crippen LogP contribution in [0.15, 0.2) is 41.8 Å². The first-order valence-corrected chi connectivity index (χ1v) is 10.0. The van der Waals surface area contributed by atoms with Crippen molar-refractivity contribution in [3.05, 3.63) is 52.2 Å². The van der Waals surface area contributed by atoms with E-state index < -0.39 is 0 Å². The Morgan fingerprint density at radius 1 is 1.31 bits per heavy atom. The highest BCUT2D eigenvalue weighted by Crippen LogP contribution is 2.25. The van der Waals surface area contributed by atoms with Gasteiger partial charge in [-0.3, -0.25) is 9.69 Å². The molecule has 1 aromatic heterocycles. The number of rotatable bonds is 8. The van der Waals surface area contributed by atoms with E-state index in [1.54, 1.807) is 17.4 Å². The van der Waals surface area contributed by atoms with Crippen molar-refractivity contribution in [3.63, 3.8) is 0 Å². The number of morpholine rings is 1. The molecular weight excluding hydrogens is 348 g/mol. The van der Waals surface area contributed by atoms with E-state index in [1.807, 2.05) is 18.2 Å². The number of hydrogen-bond donors (Lipinski definition) is 1. The summed E-state index contributed by atoms with van der Waals surface area (Å²) in [5, 5.41) is 5.18. The van der Waals surface area contributed by atoms with E-state index in [9.17, 15) is 4.79 Å². The summed E-state index contributed by atoms with van der Waals surface area (Å²) in [6, 6.07) is 11.7. The van der Waals surface area contributed by atoms with Crippen LogP contribution in [-0.4, -0.2) is 50.3 Å². The molecule has 0 aliphatic carbocycles. The molecule has 2 aromatic rings. The Balaban J connectivity index is 1.64. The first-order valence-electron chi connectivity index (χ1n) is 9.14. The summed E-state index contributed by atoms with van der Waals surface area (Å²) >= 11 is 1.73. The Morgan fingerprint density at radius 3 is 2.88 bits per heavy atom. The van der Waals surface area contributed by atoms with Crippen molar-refractivity contribution in [3.8, 4) is 5.75 Å². The molecule has 1 atom stereocenters. The van der Waals surface area contributed by atoms with Gasteiger partial charge in [0.15, 0.2) is 0 Å². The number of hydrogen-bond acceptors (Lipinski definition) is 5. The predicted molar refractivity (Wildman–Crippen MR) is 104 cm³/mol. The highest BCUT2D eigenvalue weighted by molar-refractivity contribution is 7.10. The number of carbonyl (C=O) groups is 1. The van der Waals surface area contributed by atoms with Crippen LogP contribution in [0.3, 0.4) is 0 Å². The number of ether oxygens (including phenoxy) is 2. The van der Waals surface area contributed by atoms with Crippen LogP contribution in [0.5, 0.6) is 5.75 Å². The van der Waals surface area contributed by atoms with Crippen LogP contribution >= 0.6 is 11.3 Å². The summed E-state index contributed by atoms with van der Waals surface area (Å²) in [6.45, 7) is 6.56. The van der Waals surface area contributed by atoms with Gasteiger partial charge in [-0.25, -0.2) is 0 Å². The molecule has 0 unspecified atom stereocenters. The topological polar surface area (TPSA) is 50.8 Å². The molecule has 0 saturated carbocycles. The van der Waals surface area contributed by atoms with Gasteiger partial charge in [0.1, 0.15) is 5.75 Å². The Bertz CT molecular complexity index is 684. The third-order valence-corrected chi connectivity index (χ3v) is 5.36. The van der Waals surface area contributed by atoms with E-state index in [0.717, 1.165) is 38.5 Å². The molecule has 0 radical (unpaired) electrons. The molecule has 6 heteroatoms. The summed E-state index contributed by atoms with van der Waals surface area (Å²) in [4.78, 5) is 16.3. The summed E-state index contributed by atoms with van der Waals surface area (Å²) in [7, 11) is 0. The maximum Gasteiger partial charge on any atom is 0.251 e. The van der Waals surface area contributed by atoms with Crippen LogP contribution in [0, 0.1) is 0 Å². The second-order valence-corrected chi connectivity index (χ2v) is 7.25. The predicted octanol–water partition coefficient (Wildman–Crippen LogP) is 3.34. The molecule has 1 amide bonds. The zero-order valence-corrected chi connectivity index (χ0v) is 16.0. The Hall–Kier alpha value is -1.89. The van der Waals surface area contributed by atoms with Crippen LogP contribution in [0.1, 0.15) is 34.6 Å². The van der Waals surface area contributed by atoms with Gasteiger partial charge in [0.25, 0.3) is 5.91 Å². The van der Waals surface area contributed by atoms with Gasteiger partial charge in [-0.2, -0.15) is 0 Å². The lowest BCUT2D eigenvalue weighted by Gasteiger charge is -2.34. The fourth-order valence-corrected chi connectivity index (χ4v) is 3.88. The standard InChI is InChI=1S/C20H26N2O3S/c1-2-10-25-17-6-3-5-16(14-17)20(23)21-15-18(19-7-4-13-26-19)22-8-11-24-12-9-22/h3-7,13-14,18H,2,8-12,15H2,1H3,(H,21,23)/t18-/m1/s1. The van der Waals surface area contributed by atoms with E-state index in [1.165, 1.54) is 4.88 Å². The molecule has 0 spiro atoms. The highest BCUT2D eigenvalue weighted by Gasteiger charge is 2.24. The number of carbonyl (C=O) groups excluding carboxylic acids is 1. The molecule has 2 heterocycles. The molecule has 140 valence electrons. The summed E-state index contributed by atoms with van der Waals surface area (Å²) < 4.78 is 11.1. The zero-order chi connectivity index (χ0) is 18.2. The van der Waals surface area contributed by atoms with Crippen molar-refractivity contribution < 1.29 is 14.3 Å².